The van der Waals surface area contributed by atoms with E-state index in [1.54, 1.807) is 20.8 Å². The van der Waals surface area contributed by atoms with Gasteiger partial charge in [0.15, 0.2) is 5.69 Å². The molecule has 0 fully saturated rings. The minimum Gasteiger partial charge on any atom is -0.464 e. The van der Waals surface area contributed by atoms with Crippen LogP contribution < -0.4 is 5.32 Å². The van der Waals surface area contributed by atoms with Crippen LogP contribution in [0.15, 0.2) is 34.9 Å². The Labute approximate surface area is 160 Å². The number of alkyl carbamates (subject to hydrolysis) is 1. The first-order valence-electron chi connectivity index (χ1n) is 8.06. The molecular formula is C18H22BrN3O4. The van der Waals surface area contributed by atoms with Crippen LogP contribution in [-0.4, -0.2) is 34.7 Å². The number of ether oxygens (including phenoxy) is 2. The number of benzene rings is 1. The summed E-state index contributed by atoms with van der Waals surface area (Å²) in [6.07, 6.45) is -0.177. The van der Waals surface area contributed by atoms with Crippen LogP contribution in [0.25, 0.3) is 0 Å². The second-order valence-corrected chi connectivity index (χ2v) is 7.41. The van der Waals surface area contributed by atoms with Crippen molar-refractivity contribution < 1.29 is 19.1 Å². The van der Waals surface area contributed by atoms with E-state index in [0.29, 0.717) is 16.8 Å². The molecule has 0 aliphatic carbocycles. The number of imidazole rings is 1. The molecule has 2 rings (SSSR count). The average Bonchev–Trinajstić information content (AvgIpc) is 2.93. The van der Waals surface area contributed by atoms with Gasteiger partial charge < -0.3 is 19.8 Å². The van der Waals surface area contributed by atoms with Gasteiger partial charge in [-0.05, 0) is 42.3 Å². The lowest BCUT2D eigenvalue weighted by Gasteiger charge is -2.23. The summed E-state index contributed by atoms with van der Waals surface area (Å²) < 4.78 is 10.4. The molecule has 2 N–H and O–H groups in total. The van der Waals surface area contributed by atoms with Crippen LogP contribution in [0, 0.1) is 0 Å². The first-order chi connectivity index (χ1) is 12.2. The summed E-state index contributed by atoms with van der Waals surface area (Å²) in [6.45, 7) is 5.41. The molecule has 1 aromatic carbocycles. The number of nitrogens with zero attached hydrogens (tertiary/aromatic N) is 1. The van der Waals surface area contributed by atoms with Crippen molar-refractivity contribution in [1.29, 1.82) is 0 Å². The molecule has 1 aromatic heterocycles. The van der Waals surface area contributed by atoms with Gasteiger partial charge in [0, 0.05) is 6.42 Å². The Morgan fingerprint density at radius 1 is 1.27 bits per heavy atom. The standard InChI is InChI=1S/C18H22BrN3O4/c1-18(2,3)26-17(24)20-12(11-8-6-5-7-9-11)10-13-21-14(15(19)22-13)16(23)25-4/h5-9,12H,10H2,1-4H3,(H,20,24)(H,21,22)/t12-/m0/s1. The zero-order chi connectivity index (χ0) is 19.3. The normalized spacial score (nSPS) is 12.3. The Balaban J connectivity index is 2.22. The molecule has 0 aliphatic rings. The molecule has 0 bridgehead atoms. The van der Waals surface area contributed by atoms with Crippen LogP contribution in [0.5, 0.6) is 0 Å². The number of aromatic amines is 1. The number of halogens is 1. The van der Waals surface area contributed by atoms with E-state index in [9.17, 15) is 9.59 Å². The SMILES string of the molecule is COC(=O)c1[nH]c(C[C@H](NC(=O)OC(C)(C)C)c2ccccc2)nc1Br. The highest BCUT2D eigenvalue weighted by Gasteiger charge is 2.23. The van der Waals surface area contributed by atoms with Crippen molar-refractivity contribution in [1.82, 2.24) is 15.3 Å². The van der Waals surface area contributed by atoms with E-state index in [1.165, 1.54) is 7.11 Å². The summed E-state index contributed by atoms with van der Waals surface area (Å²) in [5, 5.41) is 2.86. The molecule has 140 valence electrons. The number of carbonyl (C=O) groups excluding carboxylic acids is 2. The van der Waals surface area contributed by atoms with E-state index < -0.39 is 17.7 Å². The van der Waals surface area contributed by atoms with Gasteiger partial charge in [-0.2, -0.15) is 0 Å². The lowest BCUT2D eigenvalue weighted by Crippen LogP contribution is -2.35. The first-order valence-corrected chi connectivity index (χ1v) is 8.86. The van der Waals surface area contributed by atoms with E-state index in [-0.39, 0.29) is 11.7 Å². The zero-order valence-electron chi connectivity index (χ0n) is 15.1. The van der Waals surface area contributed by atoms with Gasteiger partial charge in [0.05, 0.1) is 13.2 Å². The van der Waals surface area contributed by atoms with Crippen LogP contribution in [0.1, 0.15) is 48.7 Å². The van der Waals surface area contributed by atoms with Crippen molar-refractivity contribution in [2.75, 3.05) is 7.11 Å². The maximum Gasteiger partial charge on any atom is 0.408 e. The molecule has 1 amide bonds. The van der Waals surface area contributed by atoms with Gasteiger partial charge in [-0.25, -0.2) is 14.6 Å². The van der Waals surface area contributed by atoms with Crippen LogP contribution in [0.2, 0.25) is 0 Å². The minimum absolute atomic E-state index is 0.228. The van der Waals surface area contributed by atoms with Crippen molar-refractivity contribution in [2.24, 2.45) is 0 Å². The van der Waals surface area contributed by atoms with Gasteiger partial charge in [-0.15, -0.1) is 0 Å². The van der Waals surface area contributed by atoms with E-state index in [4.69, 9.17) is 9.47 Å². The molecule has 0 aliphatic heterocycles. The smallest absolute Gasteiger partial charge is 0.408 e. The Hall–Kier alpha value is -2.35. The highest BCUT2D eigenvalue weighted by molar-refractivity contribution is 9.10. The van der Waals surface area contributed by atoms with E-state index in [0.717, 1.165) is 5.56 Å². The fourth-order valence-corrected chi connectivity index (χ4v) is 2.79. The topological polar surface area (TPSA) is 93.3 Å². The van der Waals surface area contributed by atoms with Crippen molar-refractivity contribution in [3.63, 3.8) is 0 Å². The highest BCUT2D eigenvalue weighted by Crippen LogP contribution is 2.21. The van der Waals surface area contributed by atoms with Gasteiger partial charge in [0.1, 0.15) is 16.0 Å². The molecule has 1 atom stereocenters. The second kappa shape index (κ2) is 8.35. The van der Waals surface area contributed by atoms with Crippen molar-refractivity contribution in [2.45, 2.75) is 38.8 Å². The summed E-state index contributed by atoms with van der Waals surface area (Å²) in [5.74, 6) is 0.00849. The molecule has 0 radical (unpaired) electrons. The molecule has 0 saturated heterocycles. The molecule has 7 nitrogen and oxygen atoms in total. The Morgan fingerprint density at radius 2 is 1.92 bits per heavy atom. The summed E-state index contributed by atoms with van der Waals surface area (Å²) >= 11 is 3.24. The molecule has 1 heterocycles. The van der Waals surface area contributed by atoms with E-state index in [2.05, 4.69) is 31.2 Å². The average molecular weight is 424 g/mol. The minimum atomic E-state index is -0.600. The fourth-order valence-electron chi connectivity index (χ4n) is 2.31. The van der Waals surface area contributed by atoms with Crippen molar-refractivity contribution >= 4 is 28.0 Å². The molecule has 2 aromatic rings. The van der Waals surface area contributed by atoms with Gasteiger partial charge in [0.25, 0.3) is 0 Å². The maximum atomic E-state index is 12.2. The molecular weight excluding hydrogens is 402 g/mol. The van der Waals surface area contributed by atoms with E-state index >= 15 is 0 Å². The first kappa shape index (κ1) is 20.0. The number of nitrogens with one attached hydrogen (secondary N) is 2. The Kier molecular flexibility index (Phi) is 6.42. The van der Waals surface area contributed by atoms with Gasteiger partial charge in [-0.1, -0.05) is 30.3 Å². The lowest BCUT2D eigenvalue weighted by atomic mass is 10.0. The second-order valence-electron chi connectivity index (χ2n) is 6.65. The number of methoxy groups -OCH3 is 1. The van der Waals surface area contributed by atoms with Gasteiger partial charge in [0.2, 0.25) is 0 Å². The number of H-pyrrole nitrogens is 1. The summed E-state index contributed by atoms with van der Waals surface area (Å²) in [5.41, 5.74) is 0.522. The summed E-state index contributed by atoms with van der Waals surface area (Å²) in [4.78, 5) is 31.2. The predicted molar refractivity (Wildman–Crippen MR) is 99.9 cm³/mol. The number of carbonyl (C=O) groups is 2. The van der Waals surface area contributed by atoms with Crippen LogP contribution in [0.3, 0.4) is 0 Å². The number of aromatic nitrogens is 2. The van der Waals surface area contributed by atoms with Crippen LogP contribution in [-0.2, 0) is 15.9 Å². The molecule has 8 heteroatoms. The lowest BCUT2D eigenvalue weighted by molar-refractivity contribution is 0.0501. The molecule has 26 heavy (non-hydrogen) atoms. The van der Waals surface area contributed by atoms with E-state index in [1.807, 2.05) is 30.3 Å². The highest BCUT2D eigenvalue weighted by atomic mass is 79.9. The van der Waals surface area contributed by atoms with Crippen LogP contribution >= 0.6 is 15.9 Å². The zero-order valence-corrected chi connectivity index (χ0v) is 16.7. The third-order valence-electron chi connectivity index (χ3n) is 3.39. The Bertz CT molecular complexity index is 768. The van der Waals surface area contributed by atoms with Gasteiger partial charge >= 0.3 is 12.1 Å². The van der Waals surface area contributed by atoms with Gasteiger partial charge in [-0.3, -0.25) is 0 Å². The van der Waals surface area contributed by atoms with Crippen LogP contribution in [0.4, 0.5) is 4.79 Å². The molecule has 0 spiro atoms. The summed E-state index contributed by atoms with van der Waals surface area (Å²) in [7, 11) is 1.30. The monoisotopic (exact) mass is 423 g/mol. The predicted octanol–water partition coefficient (Wildman–Crippen LogP) is 3.77. The third-order valence-corrected chi connectivity index (χ3v) is 3.96. The largest absolute Gasteiger partial charge is 0.464 e. The van der Waals surface area contributed by atoms with Crippen molar-refractivity contribution in [3.8, 4) is 0 Å². The molecule has 0 unspecified atom stereocenters. The maximum absolute atomic E-state index is 12.2. The molecule has 0 saturated carbocycles. The Morgan fingerprint density at radius 3 is 2.50 bits per heavy atom. The fraction of sp³-hybridized carbons (Fsp3) is 0.389. The number of hydrogen-bond acceptors (Lipinski definition) is 5. The number of rotatable bonds is 5. The summed E-state index contributed by atoms with van der Waals surface area (Å²) in [6, 6.07) is 9.10. The number of esters is 1. The number of amides is 1. The number of hydrogen-bond donors (Lipinski definition) is 2. The van der Waals surface area contributed by atoms with Crippen molar-refractivity contribution in [3.05, 3.63) is 52.0 Å². The quantitative estimate of drug-likeness (QED) is 0.713. The third kappa shape index (κ3) is 5.59.